The number of hydrogen-bond donors (Lipinski definition) is 1. The van der Waals surface area contributed by atoms with Gasteiger partial charge in [0.25, 0.3) is 5.91 Å². The van der Waals surface area contributed by atoms with E-state index in [2.05, 4.69) is 15.2 Å². The van der Waals surface area contributed by atoms with Gasteiger partial charge in [0.1, 0.15) is 6.33 Å². The number of amides is 1. The highest BCUT2D eigenvalue weighted by molar-refractivity contribution is 5.90. The van der Waals surface area contributed by atoms with Crippen LogP contribution in [0.4, 0.5) is 0 Å². The Kier molecular flexibility index (Phi) is 3.51. The number of aromatic amines is 1. The van der Waals surface area contributed by atoms with Crippen molar-refractivity contribution in [2.75, 3.05) is 19.7 Å². The van der Waals surface area contributed by atoms with E-state index in [4.69, 9.17) is 4.74 Å². The molecule has 1 aromatic rings. The minimum atomic E-state index is -0.115. The number of H-pyrrole nitrogens is 1. The van der Waals surface area contributed by atoms with Gasteiger partial charge in [-0.1, -0.05) is 0 Å². The molecule has 0 aromatic carbocycles. The molecule has 2 rings (SSSR count). The highest BCUT2D eigenvalue weighted by Gasteiger charge is 2.23. The minimum Gasteiger partial charge on any atom is -0.376 e. The molecular weight excluding hydrogens is 208 g/mol. The Hall–Kier alpha value is -1.43. The van der Waals surface area contributed by atoms with E-state index in [0.717, 1.165) is 19.4 Å². The highest BCUT2D eigenvalue weighted by Crippen LogP contribution is 2.14. The Morgan fingerprint density at radius 1 is 1.75 bits per heavy atom. The molecule has 1 N–H and O–H groups in total. The van der Waals surface area contributed by atoms with Crippen molar-refractivity contribution in [2.45, 2.75) is 25.9 Å². The van der Waals surface area contributed by atoms with E-state index in [0.29, 0.717) is 18.9 Å². The molecule has 0 saturated carbocycles. The maximum atomic E-state index is 12.0. The number of nitrogens with zero attached hydrogens (tertiary/aromatic N) is 3. The van der Waals surface area contributed by atoms with Crippen LogP contribution in [0, 0.1) is 0 Å². The summed E-state index contributed by atoms with van der Waals surface area (Å²) >= 11 is 0. The van der Waals surface area contributed by atoms with Crippen LogP contribution in [-0.4, -0.2) is 51.8 Å². The van der Waals surface area contributed by atoms with E-state index in [1.165, 1.54) is 6.33 Å². The summed E-state index contributed by atoms with van der Waals surface area (Å²) in [5.74, 6) is 0.176. The van der Waals surface area contributed by atoms with Gasteiger partial charge < -0.3 is 9.64 Å². The first-order chi connectivity index (χ1) is 7.81. The van der Waals surface area contributed by atoms with Crippen LogP contribution in [0.1, 0.15) is 30.4 Å². The second-order valence-electron chi connectivity index (χ2n) is 3.81. The summed E-state index contributed by atoms with van der Waals surface area (Å²) in [5, 5.41) is 6.26. The number of rotatable bonds is 4. The largest absolute Gasteiger partial charge is 0.376 e. The molecule has 1 atom stereocenters. The van der Waals surface area contributed by atoms with Gasteiger partial charge in [-0.15, -0.1) is 0 Å². The van der Waals surface area contributed by atoms with Crippen LogP contribution in [0.25, 0.3) is 0 Å². The first-order valence-corrected chi connectivity index (χ1v) is 5.57. The van der Waals surface area contributed by atoms with Crippen molar-refractivity contribution in [3.63, 3.8) is 0 Å². The fraction of sp³-hybridized carbons (Fsp3) is 0.700. The summed E-state index contributed by atoms with van der Waals surface area (Å²) in [4.78, 5) is 17.6. The molecule has 0 radical (unpaired) electrons. The standard InChI is InChI=1S/C10H16N4O2/c1-2-14(6-8-4-3-5-16-8)10(15)9-11-7-12-13-9/h7-8H,2-6H2,1H3,(H,11,12,13). The van der Waals surface area contributed by atoms with Crippen LogP contribution in [0.2, 0.25) is 0 Å². The third kappa shape index (κ3) is 2.38. The molecule has 1 amide bonds. The molecular formula is C10H16N4O2. The fourth-order valence-corrected chi connectivity index (χ4v) is 1.85. The Morgan fingerprint density at radius 3 is 3.19 bits per heavy atom. The molecule has 1 saturated heterocycles. The van der Waals surface area contributed by atoms with Crippen molar-refractivity contribution in [3.8, 4) is 0 Å². The van der Waals surface area contributed by atoms with E-state index in [9.17, 15) is 4.79 Å². The van der Waals surface area contributed by atoms with Crippen LogP contribution < -0.4 is 0 Å². The zero-order chi connectivity index (χ0) is 11.4. The van der Waals surface area contributed by atoms with Crippen LogP contribution in [-0.2, 0) is 4.74 Å². The maximum absolute atomic E-state index is 12.0. The number of nitrogens with one attached hydrogen (secondary N) is 1. The normalized spacial score (nSPS) is 19.9. The summed E-state index contributed by atoms with van der Waals surface area (Å²) in [6.07, 6.45) is 3.62. The molecule has 1 unspecified atom stereocenters. The summed E-state index contributed by atoms with van der Waals surface area (Å²) < 4.78 is 5.51. The van der Waals surface area contributed by atoms with Crippen molar-refractivity contribution in [1.82, 2.24) is 20.1 Å². The molecule has 88 valence electrons. The highest BCUT2D eigenvalue weighted by atomic mass is 16.5. The number of aromatic nitrogens is 3. The topological polar surface area (TPSA) is 71.1 Å². The molecule has 0 aliphatic carbocycles. The lowest BCUT2D eigenvalue weighted by Gasteiger charge is -2.22. The first kappa shape index (κ1) is 11.1. The molecule has 6 heteroatoms. The number of ether oxygens (including phenoxy) is 1. The Morgan fingerprint density at radius 2 is 2.62 bits per heavy atom. The summed E-state index contributed by atoms with van der Waals surface area (Å²) in [6, 6.07) is 0. The second kappa shape index (κ2) is 5.07. The lowest BCUT2D eigenvalue weighted by molar-refractivity contribution is 0.0530. The van der Waals surface area contributed by atoms with Crippen molar-refractivity contribution >= 4 is 5.91 Å². The van der Waals surface area contributed by atoms with Crippen LogP contribution in [0.15, 0.2) is 6.33 Å². The van der Waals surface area contributed by atoms with Gasteiger partial charge in [-0.25, -0.2) is 4.98 Å². The molecule has 1 fully saturated rings. The van der Waals surface area contributed by atoms with Crippen LogP contribution >= 0.6 is 0 Å². The molecule has 16 heavy (non-hydrogen) atoms. The zero-order valence-corrected chi connectivity index (χ0v) is 9.35. The summed E-state index contributed by atoms with van der Waals surface area (Å²) in [6.45, 7) is 4.04. The molecule has 1 aromatic heterocycles. The monoisotopic (exact) mass is 224 g/mol. The van der Waals surface area contributed by atoms with Gasteiger partial charge >= 0.3 is 0 Å². The lowest BCUT2D eigenvalue weighted by atomic mass is 10.2. The van der Waals surface area contributed by atoms with Gasteiger partial charge in [0.15, 0.2) is 0 Å². The average Bonchev–Trinajstić information content (AvgIpc) is 2.97. The number of carbonyl (C=O) groups excluding carboxylic acids is 1. The van der Waals surface area contributed by atoms with Gasteiger partial charge in [-0.05, 0) is 19.8 Å². The molecule has 1 aliphatic heterocycles. The predicted octanol–water partition coefficient (Wildman–Crippen LogP) is 0.446. The molecule has 0 spiro atoms. The number of likely N-dealkylation sites (N-methyl/N-ethyl adjacent to an activating group) is 1. The molecule has 0 bridgehead atoms. The Balaban J connectivity index is 1.96. The molecule has 1 aliphatic rings. The quantitative estimate of drug-likeness (QED) is 0.805. The lowest BCUT2D eigenvalue weighted by Crippen LogP contribution is -2.37. The number of hydrogen-bond acceptors (Lipinski definition) is 4. The van der Waals surface area contributed by atoms with E-state index >= 15 is 0 Å². The van der Waals surface area contributed by atoms with E-state index in [1.54, 1.807) is 4.90 Å². The maximum Gasteiger partial charge on any atom is 0.291 e. The Bertz CT molecular complexity index is 333. The third-order valence-electron chi connectivity index (χ3n) is 2.73. The van der Waals surface area contributed by atoms with Gasteiger partial charge in [-0.2, -0.15) is 5.10 Å². The molecule has 6 nitrogen and oxygen atoms in total. The molecule has 2 heterocycles. The van der Waals surface area contributed by atoms with Crippen molar-refractivity contribution in [1.29, 1.82) is 0 Å². The van der Waals surface area contributed by atoms with E-state index < -0.39 is 0 Å². The average molecular weight is 224 g/mol. The van der Waals surface area contributed by atoms with E-state index in [1.807, 2.05) is 6.92 Å². The smallest absolute Gasteiger partial charge is 0.291 e. The summed E-state index contributed by atoms with van der Waals surface area (Å²) in [7, 11) is 0. The Labute approximate surface area is 94.0 Å². The summed E-state index contributed by atoms with van der Waals surface area (Å²) in [5.41, 5.74) is 0. The van der Waals surface area contributed by atoms with Crippen molar-refractivity contribution < 1.29 is 9.53 Å². The third-order valence-corrected chi connectivity index (χ3v) is 2.73. The van der Waals surface area contributed by atoms with Gasteiger partial charge in [-0.3, -0.25) is 9.89 Å². The van der Waals surface area contributed by atoms with E-state index in [-0.39, 0.29) is 12.0 Å². The zero-order valence-electron chi connectivity index (χ0n) is 9.35. The minimum absolute atomic E-state index is 0.115. The van der Waals surface area contributed by atoms with Crippen LogP contribution in [0.3, 0.4) is 0 Å². The van der Waals surface area contributed by atoms with Gasteiger partial charge in [0.2, 0.25) is 5.82 Å². The van der Waals surface area contributed by atoms with Crippen molar-refractivity contribution in [2.24, 2.45) is 0 Å². The van der Waals surface area contributed by atoms with Gasteiger partial charge in [0, 0.05) is 19.7 Å². The van der Waals surface area contributed by atoms with Crippen molar-refractivity contribution in [3.05, 3.63) is 12.2 Å². The van der Waals surface area contributed by atoms with Gasteiger partial charge in [0.05, 0.1) is 6.10 Å². The van der Waals surface area contributed by atoms with Crippen LogP contribution in [0.5, 0.6) is 0 Å². The first-order valence-electron chi connectivity index (χ1n) is 5.57. The number of carbonyl (C=O) groups is 1. The second-order valence-corrected chi connectivity index (χ2v) is 3.81. The fourth-order valence-electron chi connectivity index (χ4n) is 1.85. The SMILES string of the molecule is CCN(CC1CCCO1)C(=O)c1ncn[nH]1. The predicted molar refractivity (Wildman–Crippen MR) is 56.9 cm³/mol.